The van der Waals surface area contributed by atoms with E-state index in [1.807, 2.05) is 6.92 Å². The zero-order chi connectivity index (χ0) is 21.2. The number of methoxy groups -OCH3 is 2. The van der Waals surface area contributed by atoms with Crippen LogP contribution in [0.2, 0.25) is 5.02 Å². The van der Waals surface area contributed by atoms with Crippen molar-refractivity contribution in [1.82, 2.24) is 5.43 Å². The molecule has 0 aliphatic rings. The van der Waals surface area contributed by atoms with Crippen LogP contribution in [0, 0.1) is 12.3 Å². The third-order valence-electron chi connectivity index (χ3n) is 3.66. The van der Waals surface area contributed by atoms with Crippen LogP contribution in [0.4, 0.5) is 0 Å². The van der Waals surface area contributed by atoms with Crippen LogP contribution in [0.5, 0.6) is 23.0 Å². The quantitative estimate of drug-likeness (QED) is 0.384. The summed E-state index contributed by atoms with van der Waals surface area (Å²) in [6.07, 6.45) is 6.66. The molecule has 0 saturated heterocycles. The topological polar surface area (TPSA) is 78.4 Å². The van der Waals surface area contributed by atoms with Crippen molar-refractivity contribution >= 4 is 23.7 Å². The number of hydrogen-bond acceptors (Lipinski definition) is 6. The number of benzene rings is 2. The number of hydrazone groups is 1. The van der Waals surface area contributed by atoms with E-state index >= 15 is 0 Å². The largest absolute Gasteiger partial charge is 0.497 e. The Balaban J connectivity index is 2.17. The van der Waals surface area contributed by atoms with Crippen molar-refractivity contribution in [2.45, 2.75) is 6.92 Å². The van der Waals surface area contributed by atoms with E-state index in [-0.39, 0.29) is 6.61 Å². The molecule has 1 N–H and O–H groups in total. The summed E-state index contributed by atoms with van der Waals surface area (Å²) in [7, 11) is 3.00. The van der Waals surface area contributed by atoms with Crippen molar-refractivity contribution in [1.29, 1.82) is 0 Å². The highest BCUT2D eigenvalue weighted by Crippen LogP contribution is 2.36. The van der Waals surface area contributed by atoms with Gasteiger partial charge in [0, 0.05) is 6.07 Å². The first kappa shape index (κ1) is 21.9. The summed E-state index contributed by atoms with van der Waals surface area (Å²) in [4.78, 5) is 12.4. The Labute approximate surface area is 174 Å². The summed E-state index contributed by atoms with van der Waals surface area (Å²) < 4.78 is 21.3. The van der Waals surface area contributed by atoms with Gasteiger partial charge in [0.25, 0.3) is 5.91 Å². The van der Waals surface area contributed by atoms with E-state index < -0.39 is 5.91 Å². The molecule has 0 bridgehead atoms. The van der Waals surface area contributed by atoms with Crippen molar-refractivity contribution in [2.75, 3.05) is 27.4 Å². The van der Waals surface area contributed by atoms with Crippen LogP contribution in [0.25, 0.3) is 0 Å². The fraction of sp³-hybridized carbons (Fsp3) is 0.238. The van der Waals surface area contributed by atoms with Crippen LogP contribution < -0.4 is 24.4 Å². The normalized spacial score (nSPS) is 10.3. The summed E-state index contributed by atoms with van der Waals surface area (Å²) in [6.45, 7) is 2.31. The Hall–Kier alpha value is -3.37. The van der Waals surface area contributed by atoms with Gasteiger partial charge in [-0.05, 0) is 36.8 Å². The molecular weight excluding hydrogens is 396 g/mol. The summed E-state index contributed by atoms with van der Waals surface area (Å²) in [6, 6.07) is 8.17. The fourth-order valence-corrected chi connectivity index (χ4v) is 2.66. The first-order chi connectivity index (χ1) is 14.0. The molecule has 0 aromatic heterocycles. The molecule has 7 nitrogen and oxygen atoms in total. The summed E-state index contributed by atoms with van der Waals surface area (Å²) >= 11 is 6.26. The molecule has 2 rings (SSSR count). The van der Waals surface area contributed by atoms with E-state index in [1.54, 1.807) is 30.3 Å². The Morgan fingerprint density at radius 3 is 2.66 bits per heavy atom. The van der Waals surface area contributed by atoms with Crippen LogP contribution >= 0.6 is 11.6 Å². The zero-order valence-electron chi connectivity index (χ0n) is 16.3. The van der Waals surface area contributed by atoms with Crippen molar-refractivity contribution in [3.05, 3.63) is 46.5 Å². The average molecular weight is 417 g/mol. The molecule has 29 heavy (non-hydrogen) atoms. The number of amides is 1. The lowest BCUT2D eigenvalue weighted by Crippen LogP contribution is -2.18. The van der Waals surface area contributed by atoms with E-state index in [9.17, 15) is 4.79 Å². The lowest BCUT2D eigenvalue weighted by atomic mass is 10.2. The van der Waals surface area contributed by atoms with Crippen molar-refractivity contribution in [3.8, 4) is 35.3 Å². The highest BCUT2D eigenvalue weighted by Gasteiger charge is 2.14. The molecule has 0 spiro atoms. The fourth-order valence-electron chi connectivity index (χ4n) is 2.39. The molecule has 2 aromatic rings. The van der Waals surface area contributed by atoms with Crippen molar-refractivity contribution in [3.63, 3.8) is 0 Å². The number of rotatable bonds is 9. The number of terminal acetylenes is 1. The van der Waals surface area contributed by atoms with Gasteiger partial charge < -0.3 is 18.9 Å². The average Bonchev–Trinajstić information content (AvgIpc) is 2.72. The second-order valence-corrected chi connectivity index (χ2v) is 5.93. The molecule has 0 saturated carbocycles. The van der Waals surface area contributed by atoms with Crippen LogP contribution in [-0.4, -0.2) is 39.6 Å². The van der Waals surface area contributed by atoms with E-state index in [1.165, 1.54) is 20.4 Å². The summed E-state index contributed by atoms with van der Waals surface area (Å²) in [5, 5.41) is 4.29. The number of carbonyl (C=O) groups is 1. The summed E-state index contributed by atoms with van der Waals surface area (Å²) in [5.74, 6) is 3.67. The number of halogens is 1. The maximum absolute atomic E-state index is 12.4. The van der Waals surface area contributed by atoms with Gasteiger partial charge in [-0.25, -0.2) is 5.43 Å². The third kappa shape index (κ3) is 5.80. The second-order valence-electron chi connectivity index (χ2n) is 5.52. The molecule has 0 atom stereocenters. The number of ether oxygens (including phenoxy) is 4. The van der Waals surface area contributed by atoms with E-state index in [4.69, 9.17) is 37.0 Å². The van der Waals surface area contributed by atoms with Crippen molar-refractivity contribution < 1.29 is 23.7 Å². The Kier molecular flexibility index (Phi) is 8.19. The van der Waals surface area contributed by atoms with Gasteiger partial charge in [0.2, 0.25) is 0 Å². The number of hydrogen-bond donors (Lipinski definition) is 1. The number of carbonyl (C=O) groups excluding carboxylic acids is 1. The predicted octanol–water partition coefficient (Wildman–Crippen LogP) is 3.53. The first-order valence-corrected chi connectivity index (χ1v) is 8.99. The molecular formula is C21H21ClN2O5. The molecule has 0 unspecified atom stereocenters. The maximum Gasteiger partial charge on any atom is 0.275 e. The second kappa shape index (κ2) is 10.8. The molecule has 152 valence electrons. The molecule has 1 amide bonds. The third-order valence-corrected chi connectivity index (χ3v) is 3.95. The highest BCUT2D eigenvalue weighted by molar-refractivity contribution is 6.32. The van der Waals surface area contributed by atoms with Crippen LogP contribution in [0.1, 0.15) is 22.8 Å². The molecule has 0 aliphatic heterocycles. The van der Waals surface area contributed by atoms with Gasteiger partial charge >= 0.3 is 0 Å². The number of nitrogens with one attached hydrogen (secondary N) is 1. The Morgan fingerprint density at radius 1 is 1.21 bits per heavy atom. The molecule has 8 heteroatoms. The minimum absolute atomic E-state index is 0.0625. The number of nitrogens with zero attached hydrogens (tertiary/aromatic N) is 1. The molecule has 2 aromatic carbocycles. The minimum atomic E-state index is -0.439. The van der Waals surface area contributed by atoms with Gasteiger partial charge in [-0.15, -0.1) is 6.42 Å². The van der Waals surface area contributed by atoms with Gasteiger partial charge in [-0.3, -0.25) is 4.79 Å². The first-order valence-electron chi connectivity index (χ1n) is 8.62. The van der Waals surface area contributed by atoms with Gasteiger partial charge in [-0.2, -0.15) is 5.10 Å². The predicted molar refractivity (Wildman–Crippen MR) is 112 cm³/mol. The van der Waals surface area contributed by atoms with E-state index in [0.717, 1.165) is 0 Å². The van der Waals surface area contributed by atoms with Gasteiger partial charge in [-0.1, -0.05) is 17.5 Å². The smallest absolute Gasteiger partial charge is 0.275 e. The Bertz CT molecular complexity index is 937. The SMILES string of the molecule is C#CCOc1c(Cl)cc(/C=N\NC(=O)c2ccc(OC)cc2OC)cc1OCC. The molecule has 0 fully saturated rings. The Morgan fingerprint density at radius 2 is 2.00 bits per heavy atom. The maximum atomic E-state index is 12.4. The standard InChI is InChI=1S/C21H21ClN2O5/c1-5-9-29-20-17(22)10-14(11-19(20)28-6-2)13-23-24-21(25)16-8-7-15(26-3)12-18(16)27-4/h1,7-8,10-13H,6,9H2,2-4H3,(H,24,25)/b23-13-. The van der Waals surface area contributed by atoms with E-state index in [0.29, 0.717) is 45.8 Å². The molecule has 0 radical (unpaired) electrons. The minimum Gasteiger partial charge on any atom is -0.497 e. The van der Waals surface area contributed by atoms with Gasteiger partial charge in [0.05, 0.1) is 37.6 Å². The zero-order valence-corrected chi connectivity index (χ0v) is 17.1. The lowest BCUT2D eigenvalue weighted by Gasteiger charge is -2.13. The van der Waals surface area contributed by atoms with Gasteiger partial charge in [0.1, 0.15) is 18.1 Å². The summed E-state index contributed by atoms with van der Waals surface area (Å²) in [5.41, 5.74) is 3.37. The molecule has 0 aliphatic carbocycles. The molecule has 0 heterocycles. The van der Waals surface area contributed by atoms with Gasteiger partial charge in [0.15, 0.2) is 11.5 Å². The van der Waals surface area contributed by atoms with E-state index in [2.05, 4.69) is 16.4 Å². The van der Waals surface area contributed by atoms with Crippen LogP contribution in [-0.2, 0) is 0 Å². The lowest BCUT2D eigenvalue weighted by molar-refractivity contribution is 0.0952. The monoisotopic (exact) mass is 416 g/mol. The highest BCUT2D eigenvalue weighted by atomic mass is 35.5. The van der Waals surface area contributed by atoms with Crippen LogP contribution in [0.3, 0.4) is 0 Å². The van der Waals surface area contributed by atoms with Crippen molar-refractivity contribution in [2.24, 2.45) is 5.10 Å². The van der Waals surface area contributed by atoms with Crippen LogP contribution in [0.15, 0.2) is 35.4 Å².